The molecule has 160 valence electrons. The predicted molar refractivity (Wildman–Crippen MR) is 100 cm³/mol. The van der Waals surface area contributed by atoms with Gasteiger partial charge in [-0.25, -0.2) is 15.1 Å². The number of nitrogens with zero attached hydrogens (tertiary/aromatic N) is 3. The van der Waals surface area contributed by atoms with Gasteiger partial charge >= 0.3 is 10.3 Å². The van der Waals surface area contributed by atoms with E-state index in [0.717, 1.165) is 11.3 Å². The van der Waals surface area contributed by atoms with Gasteiger partial charge in [0, 0.05) is 5.38 Å². The molecule has 0 bridgehead atoms. The number of carbonyl (C=O) groups excluding carboxylic acids is 3. The van der Waals surface area contributed by atoms with Crippen molar-refractivity contribution in [3.63, 3.8) is 0 Å². The topological polar surface area (TPSA) is 219 Å². The Morgan fingerprint density at radius 2 is 2.07 bits per heavy atom. The number of β-lactam (4-membered cyclic amide) rings is 1. The highest BCUT2D eigenvalue weighted by atomic mass is 32.2. The van der Waals surface area contributed by atoms with Gasteiger partial charge in [-0.1, -0.05) is 5.16 Å². The van der Waals surface area contributed by atoms with Crippen molar-refractivity contribution in [2.75, 3.05) is 5.73 Å². The highest BCUT2D eigenvalue weighted by Crippen LogP contribution is 2.23. The molecule has 0 aliphatic carbocycles. The molecule has 2 heterocycles. The van der Waals surface area contributed by atoms with E-state index >= 15 is 0 Å². The minimum absolute atomic E-state index is 0.0000167. The predicted octanol–water partition coefficient (Wildman–Crippen LogP) is -2.27. The zero-order valence-electron chi connectivity index (χ0n) is 15.4. The minimum atomic E-state index is -4.75. The molecule has 14 nitrogen and oxygen atoms in total. The largest absolute Gasteiger partial charge is 0.379 e. The van der Waals surface area contributed by atoms with Crippen LogP contribution in [-0.2, 0) is 29.5 Å². The van der Waals surface area contributed by atoms with Gasteiger partial charge in [0.25, 0.3) is 17.7 Å². The van der Waals surface area contributed by atoms with Crippen LogP contribution in [0.2, 0.25) is 0 Å². The third-order valence-electron chi connectivity index (χ3n) is 3.89. The third-order valence-corrected chi connectivity index (χ3v) is 5.58. The first-order valence-corrected chi connectivity index (χ1v) is 10.2. The van der Waals surface area contributed by atoms with Crippen molar-refractivity contribution >= 4 is 50.2 Å². The van der Waals surface area contributed by atoms with E-state index in [1.54, 1.807) is 0 Å². The molecule has 29 heavy (non-hydrogen) atoms. The van der Waals surface area contributed by atoms with E-state index in [4.69, 9.17) is 21.0 Å². The summed E-state index contributed by atoms with van der Waals surface area (Å²) in [4.78, 5) is 45.4. The average Bonchev–Trinajstić information content (AvgIpc) is 3.03. The number of anilines is 1. The first-order valence-electron chi connectivity index (χ1n) is 7.89. The Kier molecular flexibility index (Phi) is 6.12. The summed E-state index contributed by atoms with van der Waals surface area (Å²) in [5.41, 5.74) is 5.48. The van der Waals surface area contributed by atoms with E-state index in [0.29, 0.717) is 0 Å². The zero-order valence-corrected chi connectivity index (χ0v) is 17.1. The number of carbonyl (C=O) groups is 3. The lowest BCUT2D eigenvalue weighted by atomic mass is 10.0. The maximum atomic E-state index is 12.7. The Balaban J connectivity index is 2.26. The number of amides is 3. The van der Waals surface area contributed by atoms with E-state index < -0.39 is 51.4 Å². The van der Waals surface area contributed by atoms with Gasteiger partial charge in [0.2, 0.25) is 5.60 Å². The maximum Gasteiger partial charge on any atom is 0.362 e. The van der Waals surface area contributed by atoms with Gasteiger partial charge in [0.15, 0.2) is 10.8 Å². The van der Waals surface area contributed by atoms with Crippen molar-refractivity contribution < 1.29 is 32.2 Å². The highest BCUT2D eigenvalue weighted by molar-refractivity contribution is 7.84. The molecule has 3 amide bonds. The number of hydrogen-bond acceptors (Lipinski definition) is 11. The second-order valence-electron chi connectivity index (χ2n) is 6.39. The molecule has 1 aromatic rings. The summed E-state index contributed by atoms with van der Waals surface area (Å²) in [6.45, 7) is 3.99. The number of oxime groups is 1. The lowest BCUT2D eigenvalue weighted by Gasteiger charge is -2.42. The Bertz CT molecular complexity index is 972. The minimum Gasteiger partial charge on any atom is -0.379 e. The van der Waals surface area contributed by atoms with Crippen molar-refractivity contribution in [2.45, 2.75) is 38.5 Å². The van der Waals surface area contributed by atoms with Crippen molar-refractivity contribution in [2.24, 2.45) is 11.0 Å². The van der Waals surface area contributed by atoms with Crippen molar-refractivity contribution in [1.82, 2.24) is 20.0 Å². The number of nitrogens with two attached hydrogens (primary N) is 2. The second kappa shape index (κ2) is 7.90. The molecular weight excluding hydrogens is 430 g/mol. The summed E-state index contributed by atoms with van der Waals surface area (Å²) in [6.07, 6.45) is 0. The van der Waals surface area contributed by atoms with Crippen molar-refractivity contribution in [1.29, 1.82) is 0 Å². The van der Waals surface area contributed by atoms with E-state index in [1.807, 2.05) is 5.43 Å². The van der Waals surface area contributed by atoms with Crippen LogP contribution in [0.1, 0.15) is 26.5 Å². The van der Waals surface area contributed by atoms with Gasteiger partial charge < -0.3 is 15.9 Å². The molecule has 1 saturated heterocycles. The van der Waals surface area contributed by atoms with Crippen LogP contribution in [0.4, 0.5) is 5.13 Å². The molecule has 2 atom stereocenters. The standard InChI is InChI=1S/C13H19N7O7S2/c1-5-7(10(22)20(5)29(24,25)26)17-9(21)8(6-4-28-12(14)16-6)19-27-13(2,3)11(23)18-15/h4-5,7H,15H2,1-3H3,(H2,14,16)(H,17,21)(H,18,23)(H,24,25,26)/t5-,7-/m0/s1. The van der Waals surface area contributed by atoms with Crippen molar-refractivity contribution in [3.05, 3.63) is 11.1 Å². The molecule has 1 aliphatic rings. The average molecular weight is 449 g/mol. The molecular formula is C13H19N7O7S2. The molecule has 1 aromatic heterocycles. The Morgan fingerprint density at radius 1 is 1.45 bits per heavy atom. The lowest BCUT2D eigenvalue weighted by Crippen LogP contribution is -2.71. The molecule has 0 radical (unpaired) electrons. The van der Waals surface area contributed by atoms with Crippen LogP contribution >= 0.6 is 11.3 Å². The zero-order chi connectivity index (χ0) is 22.1. The molecule has 16 heteroatoms. The van der Waals surface area contributed by atoms with Crippen LogP contribution in [0.3, 0.4) is 0 Å². The summed E-state index contributed by atoms with van der Waals surface area (Å²) in [5, 5.41) is 7.46. The van der Waals surface area contributed by atoms with Gasteiger partial charge in [0.05, 0.1) is 6.04 Å². The Labute approximate surface area is 169 Å². The SMILES string of the molecule is C[C@H]1[C@H](NC(=O)C(=NOC(C)(C)C(=O)NN)c2csc(N)n2)C(=O)N1S(=O)(=O)O. The molecule has 0 unspecified atom stereocenters. The summed E-state index contributed by atoms with van der Waals surface area (Å²) >= 11 is 1.00. The van der Waals surface area contributed by atoms with Crippen LogP contribution in [0.15, 0.2) is 10.5 Å². The normalized spacial score (nSPS) is 20.1. The van der Waals surface area contributed by atoms with Gasteiger partial charge in [-0.3, -0.25) is 24.4 Å². The van der Waals surface area contributed by atoms with Crippen LogP contribution in [0, 0.1) is 0 Å². The first-order chi connectivity index (χ1) is 13.3. The quantitative estimate of drug-likeness (QED) is 0.0750. The van der Waals surface area contributed by atoms with Crippen LogP contribution in [0.5, 0.6) is 0 Å². The Hall–Kier alpha value is -2.82. The van der Waals surface area contributed by atoms with E-state index in [9.17, 15) is 22.8 Å². The number of nitrogen functional groups attached to an aromatic ring is 1. The fraction of sp³-hybridized carbons (Fsp3) is 0.462. The summed E-state index contributed by atoms with van der Waals surface area (Å²) in [7, 11) is -4.75. The number of rotatable bonds is 7. The summed E-state index contributed by atoms with van der Waals surface area (Å²) in [6, 6.07) is -2.28. The molecule has 1 fully saturated rings. The molecule has 1 aliphatic heterocycles. The number of hydrazine groups is 1. The van der Waals surface area contributed by atoms with E-state index in [-0.39, 0.29) is 15.1 Å². The molecule has 0 aromatic carbocycles. The second-order valence-corrected chi connectivity index (χ2v) is 8.57. The fourth-order valence-corrected chi connectivity index (χ4v) is 3.72. The van der Waals surface area contributed by atoms with Crippen LogP contribution in [-0.4, -0.2) is 63.4 Å². The number of hydrogen-bond donors (Lipinski definition) is 5. The summed E-state index contributed by atoms with van der Waals surface area (Å²) in [5.74, 6) is 2.35. The third kappa shape index (κ3) is 4.61. The fourth-order valence-electron chi connectivity index (χ4n) is 2.29. The molecule has 2 rings (SSSR count). The number of aromatic nitrogens is 1. The van der Waals surface area contributed by atoms with Gasteiger partial charge in [-0.15, -0.1) is 11.3 Å². The lowest BCUT2D eigenvalue weighted by molar-refractivity contribution is -0.144. The number of thiazole rings is 1. The van der Waals surface area contributed by atoms with Gasteiger partial charge in [-0.05, 0) is 20.8 Å². The molecule has 0 saturated carbocycles. The Morgan fingerprint density at radius 3 is 2.52 bits per heavy atom. The van der Waals surface area contributed by atoms with E-state index in [1.165, 1.54) is 26.2 Å². The first kappa shape index (κ1) is 22.5. The molecule has 7 N–H and O–H groups in total. The van der Waals surface area contributed by atoms with Gasteiger partial charge in [0.1, 0.15) is 11.7 Å². The molecule has 0 spiro atoms. The van der Waals surface area contributed by atoms with Gasteiger partial charge in [-0.2, -0.15) is 8.42 Å². The maximum absolute atomic E-state index is 12.7. The van der Waals surface area contributed by atoms with Crippen LogP contribution < -0.4 is 22.3 Å². The number of nitrogens with one attached hydrogen (secondary N) is 2. The summed E-state index contributed by atoms with van der Waals surface area (Å²) < 4.78 is 31.6. The highest BCUT2D eigenvalue weighted by Gasteiger charge is 2.51. The van der Waals surface area contributed by atoms with Crippen LogP contribution in [0.25, 0.3) is 0 Å². The van der Waals surface area contributed by atoms with E-state index in [2.05, 4.69) is 15.5 Å². The monoisotopic (exact) mass is 449 g/mol. The smallest absolute Gasteiger partial charge is 0.362 e. The van der Waals surface area contributed by atoms with Crippen molar-refractivity contribution in [3.8, 4) is 0 Å².